The van der Waals surface area contributed by atoms with Crippen LogP contribution in [0.4, 0.5) is 13.2 Å². The quantitative estimate of drug-likeness (QED) is 0.849. The molecule has 1 atom stereocenters. The van der Waals surface area contributed by atoms with Gasteiger partial charge in [-0.15, -0.1) is 0 Å². The van der Waals surface area contributed by atoms with Gasteiger partial charge in [-0.25, -0.2) is 4.79 Å². The fraction of sp³-hybridized carbons (Fsp3) is 0.533. The molecule has 0 spiro atoms. The molecule has 0 bridgehead atoms. The molecule has 1 aromatic rings. The molecule has 0 saturated heterocycles. The molecule has 0 amide bonds. The Hall–Kier alpha value is -1.56. The topological polar surface area (TPSA) is 38.3 Å². The monoisotopic (exact) mass is 301 g/mol. The summed E-state index contributed by atoms with van der Waals surface area (Å²) in [4.78, 5) is 12.2. The molecule has 1 N–H and O–H groups in total. The molecule has 1 saturated carbocycles. The third-order valence-corrected chi connectivity index (χ3v) is 3.54. The number of ether oxygens (including phenoxy) is 1. The van der Waals surface area contributed by atoms with E-state index in [1.165, 1.54) is 12.1 Å². The van der Waals surface area contributed by atoms with Gasteiger partial charge in [-0.05, 0) is 44.4 Å². The van der Waals surface area contributed by atoms with Crippen molar-refractivity contribution in [1.29, 1.82) is 0 Å². The highest BCUT2D eigenvalue weighted by Gasteiger charge is 2.41. The maximum absolute atomic E-state index is 12.6. The molecule has 0 aliphatic heterocycles. The van der Waals surface area contributed by atoms with Gasteiger partial charge in [-0.3, -0.25) is 5.32 Å². The Morgan fingerprint density at radius 2 is 1.76 bits per heavy atom. The molecular weight excluding hydrogens is 283 g/mol. The largest absolute Gasteiger partial charge is 0.464 e. The smallest absolute Gasteiger partial charge is 0.416 e. The van der Waals surface area contributed by atoms with E-state index < -0.39 is 23.2 Å². The molecule has 0 radical (unpaired) electrons. The molecule has 1 aromatic carbocycles. The van der Waals surface area contributed by atoms with Crippen LogP contribution < -0.4 is 5.32 Å². The van der Waals surface area contributed by atoms with Crippen molar-refractivity contribution < 1.29 is 22.7 Å². The second-order valence-corrected chi connectivity index (χ2v) is 5.34. The summed E-state index contributed by atoms with van der Waals surface area (Å²) in [5.74, 6) is -0.475. The van der Waals surface area contributed by atoms with Crippen molar-refractivity contribution in [3.05, 3.63) is 35.4 Å². The first-order valence-electron chi connectivity index (χ1n) is 6.90. The summed E-state index contributed by atoms with van der Waals surface area (Å²) < 4.78 is 42.9. The van der Waals surface area contributed by atoms with Crippen LogP contribution in [0.2, 0.25) is 0 Å². The minimum atomic E-state index is -4.39. The van der Waals surface area contributed by atoms with Gasteiger partial charge in [0.15, 0.2) is 0 Å². The number of alkyl halides is 3. The summed E-state index contributed by atoms with van der Waals surface area (Å²) >= 11 is 0. The van der Waals surface area contributed by atoms with E-state index in [2.05, 4.69) is 5.32 Å². The Kier molecular flexibility index (Phi) is 4.27. The highest BCUT2D eigenvalue weighted by molar-refractivity contribution is 5.82. The number of carbonyl (C=O) groups excluding carboxylic acids is 1. The first-order valence-corrected chi connectivity index (χ1v) is 6.90. The molecule has 6 heteroatoms. The number of hydrogen-bond acceptors (Lipinski definition) is 3. The van der Waals surface area contributed by atoms with E-state index in [0.29, 0.717) is 5.56 Å². The SMILES string of the molecule is CCOC(=O)C(C)(NC1CC1)c1ccc(C(F)(F)F)cc1. The van der Waals surface area contributed by atoms with Crippen molar-refractivity contribution in [2.45, 2.75) is 44.4 Å². The van der Waals surface area contributed by atoms with E-state index in [1.807, 2.05) is 0 Å². The Labute approximate surface area is 121 Å². The second kappa shape index (κ2) is 5.67. The third kappa shape index (κ3) is 3.56. The van der Waals surface area contributed by atoms with Crippen molar-refractivity contribution in [1.82, 2.24) is 5.32 Å². The van der Waals surface area contributed by atoms with Gasteiger partial charge in [-0.1, -0.05) is 12.1 Å². The molecule has 2 rings (SSSR count). The van der Waals surface area contributed by atoms with Crippen molar-refractivity contribution in [3.63, 3.8) is 0 Å². The molecule has 116 valence electrons. The molecule has 0 aromatic heterocycles. The zero-order chi connectivity index (χ0) is 15.7. The number of rotatable bonds is 5. The van der Waals surface area contributed by atoms with Crippen molar-refractivity contribution >= 4 is 5.97 Å². The van der Waals surface area contributed by atoms with E-state index in [1.54, 1.807) is 13.8 Å². The molecule has 1 aliphatic carbocycles. The van der Waals surface area contributed by atoms with Gasteiger partial charge < -0.3 is 4.74 Å². The van der Waals surface area contributed by atoms with Crippen LogP contribution in [-0.4, -0.2) is 18.6 Å². The lowest BCUT2D eigenvalue weighted by atomic mass is 9.91. The Morgan fingerprint density at radius 3 is 2.19 bits per heavy atom. The van der Waals surface area contributed by atoms with Crippen LogP contribution in [0.15, 0.2) is 24.3 Å². The van der Waals surface area contributed by atoms with E-state index >= 15 is 0 Å². The fourth-order valence-electron chi connectivity index (χ4n) is 2.16. The van der Waals surface area contributed by atoms with Crippen LogP contribution in [0, 0.1) is 0 Å². The standard InChI is InChI=1S/C15H18F3NO2/c1-3-21-13(20)14(2,19-12-8-9-12)10-4-6-11(7-5-10)15(16,17)18/h4-7,12,19H,3,8-9H2,1-2H3. The highest BCUT2D eigenvalue weighted by atomic mass is 19.4. The minimum Gasteiger partial charge on any atom is -0.464 e. The lowest BCUT2D eigenvalue weighted by Gasteiger charge is -2.29. The van der Waals surface area contributed by atoms with Gasteiger partial charge in [0.1, 0.15) is 5.54 Å². The third-order valence-electron chi connectivity index (χ3n) is 3.54. The average molecular weight is 301 g/mol. The van der Waals surface area contributed by atoms with Crippen molar-refractivity contribution in [2.24, 2.45) is 0 Å². The Morgan fingerprint density at radius 1 is 1.24 bits per heavy atom. The minimum absolute atomic E-state index is 0.210. The van der Waals surface area contributed by atoms with E-state index in [-0.39, 0.29) is 12.6 Å². The highest BCUT2D eigenvalue weighted by Crippen LogP contribution is 2.33. The van der Waals surface area contributed by atoms with Crippen LogP contribution >= 0.6 is 0 Å². The van der Waals surface area contributed by atoms with Crippen molar-refractivity contribution in [2.75, 3.05) is 6.61 Å². The average Bonchev–Trinajstić information content (AvgIpc) is 3.22. The normalized spacial score (nSPS) is 18.1. The van der Waals surface area contributed by atoms with Gasteiger partial charge in [-0.2, -0.15) is 13.2 Å². The van der Waals surface area contributed by atoms with Crippen LogP contribution in [-0.2, 0) is 21.2 Å². The summed E-state index contributed by atoms with van der Waals surface area (Å²) in [5.41, 5.74) is -1.38. The number of halogens is 3. The predicted molar refractivity (Wildman–Crippen MR) is 71.6 cm³/mol. The van der Waals surface area contributed by atoms with Crippen LogP contribution in [0.1, 0.15) is 37.8 Å². The first kappa shape index (κ1) is 15.8. The molecule has 1 fully saturated rings. The maximum atomic E-state index is 12.6. The number of benzene rings is 1. The molecule has 1 unspecified atom stereocenters. The Bertz CT molecular complexity index is 509. The zero-order valence-electron chi connectivity index (χ0n) is 12.0. The summed E-state index contributed by atoms with van der Waals surface area (Å²) in [7, 11) is 0. The zero-order valence-corrected chi connectivity index (χ0v) is 12.0. The van der Waals surface area contributed by atoms with Gasteiger partial charge in [0.25, 0.3) is 0 Å². The molecule has 3 nitrogen and oxygen atoms in total. The fourth-order valence-corrected chi connectivity index (χ4v) is 2.16. The number of hydrogen-bond donors (Lipinski definition) is 1. The van der Waals surface area contributed by atoms with Crippen LogP contribution in [0.5, 0.6) is 0 Å². The summed E-state index contributed by atoms with van der Waals surface area (Å²) in [6.07, 6.45) is -2.48. The first-order chi connectivity index (χ1) is 9.77. The molecule has 1 aliphatic rings. The number of carbonyl (C=O) groups is 1. The molecule has 0 heterocycles. The van der Waals surface area contributed by atoms with Crippen LogP contribution in [0.3, 0.4) is 0 Å². The number of nitrogens with one attached hydrogen (secondary N) is 1. The van der Waals surface area contributed by atoms with Gasteiger partial charge in [0.05, 0.1) is 12.2 Å². The van der Waals surface area contributed by atoms with Crippen molar-refractivity contribution in [3.8, 4) is 0 Å². The van der Waals surface area contributed by atoms with E-state index in [9.17, 15) is 18.0 Å². The summed E-state index contributed by atoms with van der Waals surface area (Å²) in [6, 6.07) is 4.84. The predicted octanol–water partition coefficient (Wildman–Crippen LogP) is 3.24. The van der Waals surface area contributed by atoms with Gasteiger partial charge >= 0.3 is 12.1 Å². The molecular formula is C15H18F3NO2. The van der Waals surface area contributed by atoms with E-state index in [4.69, 9.17) is 4.74 Å². The Balaban J connectivity index is 2.29. The lowest BCUT2D eigenvalue weighted by molar-refractivity contribution is -0.151. The van der Waals surface area contributed by atoms with Gasteiger partial charge in [0, 0.05) is 6.04 Å². The van der Waals surface area contributed by atoms with E-state index in [0.717, 1.165) is 25.0 Å². The molecule has 21 heavy (non-hydrogen) atoms. The summed E-state index contributed by atoms with van der Waals surface area (Å²) in [5, 5.41) is 3.17. The number of esters is 1. The van der Waals surface area contributed by atoms with Crippen LogP contribution in [0.25, 0.3) is 0 Å². The second-order valence-electron chi connectivity index (χ2n) is 5.34. The van der Waals surface area contributed by atoms with Gasteiger partial charge in [0.2, 0.25) is 0 Å². The maximum Gasteiger partial charge on any atom is 0.416 e. The lowest BCUT2D eigenvalue weighted by Crippen LogP contribution is -2.48. The summed E-state index contributed by atoms with van der Waals surface area (Å²) in [6.45, 7) is 3.56.